The Morgan fingerprint density at radius 1 is 1.08 bits per heavy atom. The van der Waals surface area contributed by atoms with E-state index in [4.69, 9.17) is 0 Å². The van der Waals surface area contributed by atoms with Gasteiger partial charge in [0.1, 0.15) is 11.2 Å². The summed E-state index contributed by atoms with van der Waals surface area (Å²) in [7, 11) is -2.73. The number of hydrogen-bond acceptors (Lipinski definition) is 6. The van der Waals surface area contributed by atoms with Crippen LogP contribution >= 0.6 is 11.3 Å². The Bertz CT molecular complexity index is 1760. The first-order chi connectivity index (χ1) is 18.5. The summed E-state index contributed by atoms with van der Waals surface area (Å²) in [6, 6.07) is 1.28. The van der Waals surface area contributed by atoms with Gasteiger partial charge in [0.15, 0.2) is 15.5 Å². The standard InChI is InChI=1S/C30H37N5O2S2/c1-15(2)24-25-18(5)27(38-29(25)33-26(24)23-11-35-28(31-14-32-35)17(4)16(23)3)22-7-20-6-19(22)10-34(20)21-8-30(9-21)12-39(36,37)13-30/h11,14-15,19-22,33H,6-10,12-13H2,1-5H3/t19-,20-,22+/m0/s1. The van der Waals surface area contributed by atoms with Gasteiger partial charge in [0.2, 0.25) is 0 Å². The molecule has 4 aliphatic rings. The third-order valence-corrected chi connectivity index (χ3v) is 14.2. The maximum absolute atomic E-state index is 11.8. The number of rotatable bonds is 4. The summed E-state index contributed by atoms with van der Waals surface area (Å²) in [4.78, 5) is 14.0. The third-order valence-electron chi connectivity index (χ3n) is 10.7. The zero-order valence-corrected chi connectivity index (χ0v) is 25.0. The molecule has 6 heterocycles. The Morgan fingerprint density at radius 3 is 2.51 bits per heavy atom. The summed E-state index contributed by atoms with van der Waals surface area (Å²) in [5.74, 6) is 2.65. The van der Waals surface area contributed by atoms with Gasteiger partial charge in [-0.25, -0.2) is 17.9 Å². The van der Waals surface area contributed by atoms with Gasteiger partial charge in [-0.2, -0.15) is 5.10 Å². The van der Waals surface area contributed by atoms with Crippen LogP contribution in [0.25, 0.3) is 27.1 Å². The Morgan fingerprint density at radius 2 is 1.85 bits per heavy atom. The molecule has 0 aromatic carbocycles. The molecular formula is C30H37N5O2S2. The number of likely N-dealkylation sites (tertiary alicyclic amines) is 1. The number of nitrogens with one attached hydrogen (secondary N) is 1. The molecule has 2 saturated carbocycles. The van der Waals surface area contributed by atoms with E-state index >= 15 is 0 Å². The fourth-order valence-corrected chi connectivity index (χ4v) is 12.6. The number of aromatic nitrogens is 4. The van der Waals surface area contributed by atoms with Crippen LogP contribution in [-0.2, 0) is 9.84 Å². The second kappa shape index (κ2) is 7.95. The van der Waals surface area contributed by atoms with Gasteiger partial charge in [0.05, 0.1) is 17.2 Å². The van der Waals surface area contributed by atoms with Crippen molar-refractivity contribution in [2.45, 2.75) is 84.2 Å². The van der Waals surface area contributed by atoms with E-state index in [9.17, 15) is 8.42 Å². The lowest BCUT2D eigenvalue weighted by Crippen LogP contribution is -2.63. The molecule has 4 aromatic rings. The lowest BCUT2D eigenvalue weighted by Gasteiger charge is -2.57. The van der Waals surface area contributed by atoms with Crippen LogP contribution in [0.4, 0.5) is 0 Å². The monoisotopic (exact) mass is 563 g/mol. The number of piperidine rings is 1. The number of H-pyrrole nitrogens is 1. The molecule has 206 valence electrons. The van der Waals surface area contributed by atoms with Crippen LogP contribution in [-0.4, -0.2) is 63.0 Å². The van der Waals surface area contributed by atoms with Crippen LogP contribution in [0, 0.1) is 32.1 Å². The molecule has 4 aromatic heterocycles. The Kier molecular flexibility index (Phi) is 5.00. The van der Waals surface area contributed by atoms with Crippen LogP contribution < -0.4 is 0 Å². The van der Waals surface area contributed by atoms with Crippen LogP contribution in [0.5, 0.6) is 0 Å². The topological polar surface area (TPSA) is 83.4 Å². The zero-order valence-electron chi connectivity index (χ0n) is 23.4. The number of aryl methyl sites for hydroxylation is 2. The van der Waals surface area contributed by atoms with Crippen molar-refractivity contribution in [1.29, 1.82) is 0 Å². The summed E-state index contributed by atoms with van der Waals surface area (Å²) < 4.78 is 25.4. The van der Waals surface area contributed by atoms with Crippen LogP contribution in [0.15, 0.2) is 12.5 Å². The van der Waals surface area contributed by atoms with Gasteiger partial charge in [0, 0.05) is 46.1 Å². The van der Waals surface area contributed by atoms with Gasteiger partial charge in [0.25, 0.3) is 0 Å². The van der Waals surface area contributed by atoms with Crippen LogP contribution in [0.3, 0.4) is 0 Å². The first-order valence-corrected chi connectivity index (χ1v) is 17.1. The number of nitrogens with zero attached hydrogens (tertiary/aromatic N) is 4. The van der Waals surface area contributed by atoms with Gasteiger partial charge < -0.3 is 4.98 Å². The van der Waals surface area contributed by atoms with Crippen molar-refractivity contribution in [3.63, 3.8) is 0 Å². The summed E-state index contributed by atoms with van der Waals surface area (Å²) in [5.41, 5.74) is 8.84. The van der Waals surface area contributed by atoms with Crippen molar-refractivity contribution in [3.05, 3.63) is 39.7 Å². The molecule has 2 saturated heterocycles. The molecule has 0 unspecified atom stereocenters. The highest BCUT2D eigenvalue weighted by Gasteiger charge is 2.60. The third kappa shape index (κ3) is 3.39. The average Bonchev–Trinajstić information content (AvgIpc) is 3.64. The Balaban J connectivity index is 1.10. The molecule has 8 rings (SSSR count). The van der Waals surface area contributed by atoms with Gasteiger partial charge in [-0.3, -0.25) is 4.90 Å². The van der Waals surface area contributed by atoms with Crippen molar-refractivity contribution in [3.8, 4) is 11.3 Å². The zero-order chi connectivity index (χ0) is 27.0. The fraction of sp³-hybridized carbons (Fsp3) is 0.600. The molecule has 1 N–H and O–H groups in total. The number of thiophene rings is 1. The highest BCUT2D eigenvalue weighted by atomic mass is 32.2. The van der Waals surface area contributed by atoms with E-state index < -0.39 is 9.84 Å². The SMILES string of the molecule is Cc1c(-c2[nH]c3sc([C@@H]4C[C@@H]5C[C@H]4CN5C4CC5(C4)CS(=O)(=O)C5)c(C)c3c2C(C)C)cn2ncnc2c1C. The van der Waals surface area contributed by atoms with E-state index in [0.717, 1.165) is 24.4 Å². The highest BCUT2D eigenvalue weighted by Crippen LogP contribution is 2.58. The van der Waals surface area contributed by atoms with Gasteiger partial charge in [-0.15, -0.1) is 11.3 Å². The number of pyridine rings is 1. The molecular weight excluding hydrogens is 526 g/mol. The molecule has 7 nitrogen and oxygen atoms in total. The van der Waals surface area contributed by atoms with E-state index in [1.807, 2.05) is 15.9 Å². The molecule has 2 bridgehead atoms. The lowest BCUT2D eigenvalue weighted by molar-refractivity contribution is 0.00101. The molecule has 2 aliphatic heterocycles. The molecule has 39 heavy (non-hydrogen) atoms. The number of fused-ring (bicyclic) bond motifs is 4. The highest BCUT2D eigenvalue weighted by molar-refractivity contribution is 7.92. The molecule has 2 aliphatic carbocycles. The van der Waals surface area contributed by atoms with Gasteiger partial charge in [-0.05, 0) is 86.5 Å². The number of aromatic amines is 1. The summed E-state index contributed by atoms with van der Waals surface area (Å²) >= 11 is 1.99. The summed E-state index contributed by atoms with van der Waals surface area (Å²) in [5, 5.41) is 5.88. The number of sulfone groups is 1. The quantitative estimate of drug-likeness (QED) is 0.342. The molecule has 4 fully saturated rings. The molecule has 3 atom stereocenters. The molecule has 0 amide bonds. The summed E-state index contributed by atoms with van der Waals surface area (Å²) in [6.07, 6.45) is 8.52. The van der Waals surface area contributed by atoms with Crippen molar-refractivity contribution in [2.24, 2.45) is 11.3 Å². The Labute approximate surface area is 233 Å². The van der Waals surface area contributed by atoms with E-state index in [1.54, 1.807) is 11.2 Å². The average molecular weight is 564 g/mol. The van der Waals surface area contributed by atoms with Gasteiger partial charge >= 0.3 is 0 Å². The van der Waals surface area contributed by atoms with E-state index in [0.29, 0.717) is 35.4 Å². The van der Waals surface area contributed by atoms with E-state index in [2.05, 4.69) is 60.8 Å². The lowest BCUT2D eigenvalue weighted by atomic mass is 9.66. The normalized spacial score (nSPS) is 27.8. The number of hydrogen-bond donors (Lipinski definition) is 1. The second-order valence-electron chi connectivity index (χ2n) is 13.5. The maximum atomic E-state index is 11.8. The fourth-order valence-electron chi connectivity index (χ4n) is 8.90. The molecule has 1 spiro atoms. The smallest absolute Gasteiger partial charge is 0.158 e. The van der Waals surface area contributed by atoms with Crippen LogP contribution in [0.1, 0.15) is 78.5 Å². The van der Waals surface area contributed by atoms with Gasteiger partial charge in [-0.1, -0.05) is 13.8 Å². The minimum Gasteiger partial charge on any atom is -0.346 e. The first-order valence-electron chi connectivity index (χ1n) is 14.4. The van der Waals surface area contributed by atoms with E-state index in [-0.39, 0.29) is 5.41 Å². The minimum atomic E-state index is -2.73. The molecule has 9 heteroatoms. The summed E-state index contributed by atoms with van der Waals surface area (Å²) in [6.45, 7) is 12.5. The maximum Gasteiger partial charge on any atom is 0.158 e. The minimum absolute atomic E-state index is 0.133. The van der Waals surface area contributed by atoms with Crippen LogP contribution in [0.2, 0.25) is 0 Å². The molecule has 0 radical (unpaired) electrons. The second-order valence-corrected chi connectivity index (χ2v) is 16.6. The first kappa shape index (κ1) is 24.6. The van der Waals surface area contributed by atoms with E-state index in [1.165, 1.54) is 63.1 Å². The Hall–Kier alpha value is -2.23. The van der Waals surface area contributed by atoms with Crippen molar-refractivity contribution in [1.82, 2.24) is 24.5 Å². The predicted octanol–water partition coefficient (Wildman–Crippen LogP) is 5.74. The van der Waals surface area contributed by atoms with Crippen molar-refractivity contribution in [2.75, 3.05) is 18.1 Å². The largest absolute Gasteiger partial charge is 0.346 e. The predicted molar refractivity (Wildman–Crippen MR) is 157 cm³/mol. The van der Waals surface area contributed by atoms with Crippen molar-refractivity contribution < 1.29 is 8.42 Å². The van der Waals surface area contributed by atoms with Crippen molar-refractivity contribution >= 4 is 37.0 Å².